The Morgan fingerprint density at radius 1 is 0.972 bits per heavy atom. The van der Waals surface area contributed by atoms with Gasteiger partial charge in [-0.1, -0.05) is 64.3 Å². The van der Waals surface area contributed by atoms with Crippen molar-refractivity contribution in [3.8, 4) is 0 Å². The molecule has 11 unspecified atom stereocenters. The zero-order chi connectivity index (χ0) is 25.8. The molecule has 3 heteroatoms. The summed E-state index contributed by atoms with van der Waals surface area (Å²) in [7, 11) is 0. The Kier molecular flexibility index (Phi) is 10.2. The molecule has 0 bridgehead atoms. The summed E-state index contributed by atoms with van der Waals surface area (Å²) in [5.74, 6) is 6.48. The first-order chi connectivity index (χ1) is 17.3. The zero-order valence-electron chi connectivity index (χ0n) is 24.1. The van der Waals surface area contributed by atoms with Gasteiger partial charge in [0.15, 0.2) is 0 Å². The summed E-state index contributed by atoms with van der Waals surface area (Å²) in [5.41, 5.74) is 1.58. The van der Waals surface area contributed by atoms with Gasteiger partial charge in [-0.3, -0.25) is 4.90 Å². The third kappa shape index (κ3) is 6.86. The van der Waals surface area contributed by atoms with Gasteiger partial charge in [-0.25, -0.2) is 0 Å². The third-order valence-corrected chi connectivity index (χ3v) is 11.1. The summed E-state index contributed by atoms with van der Waals surface area (Å²) in [6.45, 7) is 14.8. The average molecular weight is 500 g/mol. The number of β-amino-alcohol motifs (C(OH)–C–C–N with tert-alkyl or cyclic N) is 1. The minimum Gasteiger partial charge on any atom is -0.393 e. The molecule has 2 fully saturated rings. The topological polar surface area (TPSA) is 43.7 Å². The molecule has 0 aromatic carbocycles. The van der Waals surface area contributed by atoms with Crippen LogP contribution in [0, 0.1) is 53.3 Å². The molecular weight excluding hydrogens is 442 g/mol. The van der Waals surface area contributed by atoms with Gasteiger partial charge in [0.1, 0.15) is 0 Å². The van der Waals surface area contributed by atoms with Crippen LogP contribution in [0.5, 0.6) is 0 Å². The Morgan fingerprint density at radius 3 is 2.47 bits per heavy atom. The maximum absolute atomic E-state index is 11.4. The maximum Gasteiger partial charge on any atom is 0.0639 e. The lowest BCUT2D eigenvalue weighted by molar-refractivity contribution is 0.0736. The van der Waals surface area contributed by atoms with Gasteiger partial charge in [0.2, 0.25) is 0 Å². The van der Waals surface area contributed by atoms with E-state index in [1.165, 1.54) is 57.8 Å². The molecule has 1 heterocycles. The molecular formula is C33H57NO2. The van der Waals surface area contributed by atoms with Crippen molar-refractivity contribution < 1.29 is 10.2 Å². The molecule has 1 aliphatic heterocycles. The minimum atomic E-state index is -0.247. The van der Waals surface area contributed by atoms with Gasteiger partial charge in [0, 0.05) is 19.6 Å². The second kappa shape index (κ2) is 12.9. The lowest BCUT2D eigenvalue weighted by Gasteiger charge is -2.41. The molecule has 0 aromatic heterocycles. The zero-order valence-corrected chi connectivity index (χ0v) is 24.1. The number of hydrogen-bond acceptors (Lipinski definition) is 3. The third-order valence-electron chi connectivity index (χ3n) is 11.1. The van der Waals surface area contributed by atoms with Crippen molar-refractivity contribution in [2.45, 2.75) is 111 Å². The van der Waals surface area contributed by atoms with Crippen LogP contribution in [0.1, 0.15) is 98.8 Å². The lowest BCUT2D eigenvalue weighted by atomic mass is 9.65. The normalized spacial score (nSPS) is 39.1. The molecule has 3 nitrogen and oxygen atoms in total. The van der Waals surface area contributed by atoms with Crippen molar-refractivity contribution >= 4 is 0 Å². The van der Waals surface area contributed by atoms with E-state index in [0.717, 1.165) is 61.6 Å². The number of allylic oxidation sites excluding steroid dienone is 3. The molecule has 4 rings (SSSR count). The fourth-order valence-electron chi connectivity index (χ4n) is 9.03. The average Bonchev–Trinajstić information content (AvgIpc) is 3.12. The predicted octanol–water partition coefficient (Wildman–Crippen LogP) is 7.09. The second-order valence-corrected chi connectivity index (χ2v) is 13.6. The Labute approximate surface area is 222 Å². The highest BCUT2D eigenvalue weighted by atomic mass is 16.3. The molecule has 4 aliphatic rings. The molecule has 206 valence electrons. The Hall–Kier alpha value is -0.640. The van der Waals surface area contributed by atoms with E-state index in [2.05, 4.69) is 50.8 Å². The first kappa shape index (κ1) is 28.4. The number of aliphatic hydroxyl groups excluding tert-OH is 2. The highest BCUT2D eigenvalue weighted by Gasteiger charge is 2.38. The van der Waals surface area contributed by atoms with Crippen molar-refractivity contribution in [1.29, 1.82) is 0 Å². The van der Waals surface area contributed by atoms with E-state index < -0.39 is 0 Å². The van der Waals surface area contributed by atoms with Gasteiger partial charge in [0.05, 0.1) is 12.2 Å². The first-order valence-electron chi connectivity index (χ1n) is 15.7. The quantitative estimate of drug-likeness (QED) is 0.263. The Morgan fingerprint density at radius 2 is 1.75 bits per heavy atom. The second-order valence-electron chi connectivity index (χ2n) is 13.6. The van der Waals surface area contributed by atoms with Crippen LogP contribution in [0.25, 0.3) is 0 Å². The monoisotopic (exact) mass is 499 g/mol. The number of likely N-dealkylation sites (tertiary alicyclic amines) is 1. The molecule has 1 saturated carbocycles. The van der Waals surface area contributed by atoms with E-state index in [1.807, 2.05) is 6.92 Å². The minimum absolute atomic E-state index is 0.148. The smallest absolute Gasteiger partial charge is 0.0639 e. The van der Waals surface area contributed by atoms with Crippen LogP contribution in [-0.2, 0) is 0 Å². The van der Waals surface area contributed by atoms with Gasteiger partial charge < -0.3 is 10.2 Å². The first-order valence-corrected chi connectivity index (χ1v) is 15.7. The van der Waals surface area contributed by atoms with E-state index in [1.54, 1.807) is 5.57 Å². The van der Waals surface area contributed by atoms with Gasteiger partial charge in [-0.15, -0.1) is 0 Å². The van der Waals surface area contributed by atoms with Crippen molar-refractivity contribution in [3.05, 3.63) is 23.8 Å². The summed E-state index contributed by atoms with van der Waals surface area (Å²) >= 11 is 0. The molecule has 0 aromatic rings. The lowest BCUT2D eigenvalue weighted by Crippen LogP contribution is -2.33. The Balaban J connectivity index is 1.32. The van der Waals surface area contributed by atoms with Crippen LogP contribution in [0.15, 0.2) is 23.8 Å². The maximum atomic E-state index is 11.4. The highest BCUT2D eigenvalue weighted by Crippen LogP contribution is 2.46. The number of aliphatic hydroxyl groups is 2. The number of hydrogen-bond donors (Lipinski definition) is 2. The van der Waals surface area contributed by atoms with E-state index in [9.17, 15) is 10.2 Å². The summed E-state index contributed by atoms with van der Waals surface area (Å²) in [6, 6.07) is 0. The van der Waals surface area contributed by atoms with E-state index in [-0.39, 0.29) is 12.2 Å². The molecule has 2 N–H and O–H groups in total. The Bertz CT molecular complexity index is 744. The fraction of sp³-hybridized carbons (Fsp3) is 0.879. The summed E-state index contributed by atoms with van der Waals surface area (Å²) in [6.07, 6.45) is 19.4. The van der Waals surface area contributed by atoms with Gasteiger partial charge >= 0.3 is 0 Å². The summed E-state index contributed by atoms with van der Waals surface area (Å²) < 4.78 is 0. The molecule has 0 spiro atoms. The fourth-order valence-corrected chi connectivity index (χ4v) is 9.03. The summed E-state index contributed by atoms with van der Waals surface area (Å²) in [5, 5.41) is 21.2. The van der Waals surface area contributed by atoms with Crippen molar-refractivity contribution in [2.75, 3.05) is 19.6 Å². The van der Waals surface area contributed by atoms with Crippen molar-refractivity contribution in [1.82, 2.24) is 4.90 Å². The van der Waals surface area contributed by atoms with E-state index >= 15 is 0 Å². The number of rotatable bonds is 9. The van der Waals surface area contributed by atoms with Crippen LogP contribution < -0.4 is 0 Å². The van der Waals surface area contributed by atoms with Crippen LogP contribution in [0.2, 0.25) is 0 Å². The summed E-state index contributed by atoms with van der Waals surface area (Å²) in [4.78, 5) is 2.42. The molecule has 36 heavy (non-hydrogen) atoms. The molecule has 11 atom stereocenters. The van der Waals surface area contributed by atoms with Crippen molar-refractivity contribution in [3.63, 3.8) is 0 Å². The molecule has 3 aliphatic carbocycles. The predicted molar refractivity (Wildman–Crippen MR) is 152 cm³/mol. The molecule has 0 radical (unpaired) electrons. The van der Waals surface area contributed by atoms with Crippen LogP contribution in [0.3, 0.4) is 0 Å². The SMILES string of the molecule is CCC(C(C)C1CCC(C(O)CC2C=C3CN(CC(C)O)CC3CC2)CCC1C)C1CCC=CC1C. The molecule has 0 amide bonds. The van der Waals surface area contributed by atoms with Crippen LogP contribution in [0.4, 0.5) is 0 Å². The number of nitrogens with zero attached hydrogens (tertiary/aromatic N) is 1. The van der Waals surface area contributed by atoms with Gasteiger partial charge in [0.25, 0.3) is 0 Å². The highest BCUT2D eigenvalue weighted by molar-refractivity contribution is 5.19. The molecule has 1 saturated heterocycles. The number of fused-ring (bicyclic) bond motifs is 1. The van der Waals surface area contributed by atoms with Gasteiger partial charge in [-0.05, 0) is 112 Å². The van der Waals surface area contributed by atoms with E-state index in [4.69, 9.17) is 0 Å². The van der Waals surface area contributed by atoms with Crippen molar-refractivity contribution in [2.24, 2.45) is 53.3 Å². The standard InChI is InChI=1S/C33H57NO2/c1-6-30(32-10-8-7-9-22(32)2)25(5)31-16-15-27(13-11-23(31)3)33(36)18-26-12-14-28-20-34(19-24(4)35)21-29(28)17-26/h7,9,17,22-28,30-33,35-36H,6,8,10-16,18-21H2,1-5H3. The van der Waals surface area contributed by atoms with Crippen LogP contribution in [-0.4, -0.2) is 47.0 Å². The van der Waals surface area contributed by atoms with Gasteiger partial charge in [-0.2, -0.15) is 0 Å². The largest absolute Gasteiger partial charge is 0.393 e. The van der Waals surface area contributed by atoms with Crippen LogP contribution >= 0.6 is 0 Å². The van der Waals surface area contributed by atoms with E-state index in [0.29, 0.717) is 17.8 Å².